The molecule has 0 fully saturated rings. The molecule has 0 saturated carbocycles. The maximum Gasteiger partial charge on any atom is 0.273 e. The zero-order valence-corrected chi connectivity index (χ0v) is 9.19. The van der Waals surface area contributed by atoms with Gasteiger partial charge in [-0.1, -0.05) is 11.6 Å². The highest BCUT2D eigenvalue weighted by atomic mass is 35.5. The summed E-state index contributed by atoms with van der Waals surface area (Å²) in [6, 6.07) is 3.83. The maximum absolute atomic E-state index is 10.5. The minimum Gasteiger partial charge on any atom is -0.481 e. The Balaban J connectivity index is 2.98. The standard InChI is InChI=1S/C9H10ClN3O3/c1-5(9(11)12)16-8-4-6(13(14)15)2-3-7(8)10/h2-5H,1H3,(H3,11,12). The second kappa shape index (κ2) is 4.80. The van der Waals surface area contributed by atoms with E-state index in [1.54, 1.807) is 6.92 Å². The molecule has 0 aliphatic rings. The van der Waals surface area contributed by atoms with Crippen LogP contribution in [0.5, 0.6) is 5.75 Å². The molecule has 1 unspecified atom stereocenters. The summed E-state index contributed by atoms with van der Waals surface area (Å²) in [6.45, 7) is 1.55. The smallest absolute Gasteiger partial charge is 0.273 e. The normalized spacial score (nSPS) is 11.9. The zero-order chi connectivity index (χ0) is 12.3. The van der Waals surface area contributed by atoms with Crippen LogP contribution >= 0.6 is 11.6 Å². The zero-order valence-electron chi connectivity index (χ0n) is 8.44. The Hall–Kier alpha value is -1.82. The van der Waals surface area contributed by atoms with E-state index in [2.05, 4.69) is 0 Å². The van der Waals surface area contributed by atoms with Crippen molar-refractivity contribution in [1.82, 2.24) is 0 Å². The Morgan fingerprint density at radius 2 is 2.31 bits per heavy atom. The van der Waals surface area contributed by atoms with Crippen molar-refractivity contribution in [2.45, 2.75) is 13.0 Å². The van der Waals surface area contributed by atoms with E-state index < -0.39 is 11.0 Å². The highest BCUT2D eigenvalue weighted by Crippen LogP contribution is 2.29. The van der Waals surface area contributed by atoms with Crippen LogP contribution in [-0.4, -0.2) is 16.9 Å². The molecule has 3 N–H and O–H groups in total. The number of nitro groups is 1. The van der Waals surface area contributed by atoms with Crippen molar-refractivity contribution in [3.63, 3.8) is 0 Å². The summed E-state index contributed by atoms with van der Waals surface area (Å²) in [4.78, 5) is 9.97. The first kappa shape index (κ1) is 12.3. The van der Waals surface area contributed by atoms with Gasteiger partial charge in [0, 0.05) is 6.07 Å². The summed E-state index contributed by atoms with van der Waals surface area (Å²) in [7, 11) is 0. The van der Waals surface area contributed by atoms with Crippen molar-refractivity contribution < 1.29 is 9.66 Å². The first-order chi connectivity index (χ1) is 7.41. The molecule has 0 heterocycles. The van der Waals surface area contributed by atoms with E-state index in [9.17, 15) is 10.1 Å². The lowest BCUT2D eigenvalue weighted by atomic mass is 10.3. The van der Waals surface area contributed by atoms with Crippen LogP contribution in [-0.2, 0) is 0 Å². The van der Waals surface area contributed by atoms with Crippen LogP contribution in [0, 0.1) is 15.5 Å². The van der Waals surface area contributed by atoms with Gasteiger partial charge in [-0.2, -0.15) is 0 Å². The predicted molar refractivity (Wildman–Crippen MR) is 60.1 cm³/mol. The molecule has 0 spiro atoms. The Labute approximate surface area is 96.6 Å². The van der Waals surface area contributed by atoms with Crippen molar-refractivity contribution in [2.75, 3.05) is 0 Å². The van der Waals surface area contributed by atoms with Crippen molar-refractivity contribution in [2.24, 2.45) is 5.73 Å². The van der Waals surface area contributed by atoms with Gasteiger partial charge in [0.05, 0.1) is 16.0 Å². The number of rotatable bonds is 4. The van der Waals surface area contributed by atoms with Crippen molar-refractivity contribution >= 4 is 23.1 Å². The lowest BCUT2D eigenvalue weighted by molar-refractivity contribution is -0.384. The average Bonchev–Trinajstić information content (AvgIpc) is 2.20. The number of nitro benzene ring substituents is 1. The third-order valence-electron chi connectivity index (χ3n) is 1.87. The number of hydrogen-bond acceptors (Lipinski definition) is 4. The molecule has 0 radical (unpaired) electrons. The van der Waals surface area contributed by atoms with Gasteiger partial charge in [0.1, 0.15) is 11.6 Å². The molecular weight excluding hydrogens is 234 g/mol. The van der Waals surface area contributed by atoms with Crippen LogP contribution in [0.25, 0.3) is 0 Å². The fraction of sp³-hybridized carbons (Fsp3) is 0.222. The molecule has 0 amide bonds. The van der Waals surface area contributed by atoms with Gasteiger partial charge in [0.25, 0.3) is 5.69 Å². The second-order valence-corrected chi connectivity index (χ2v) is 3.49. The van der Waals surface area contributed by atoms with Gasteiger partial charge in [-0.25, -0.2) is 0 Å². The predicted octanol–water partition coefficient (Wildman–Crippen LogP) is 1.95. The third-order valence-corrected chi connectivity index (χ3v) is 2.18. The first-order valence-corrected chi connectivity index (χ1v) is 4.74. The molecule has 86 valence electrons. The van der Waals surface area contributed by atoms with E-state index >= 15 is 0 Å². The van der Waals surface area contributed by atoms with Crippen LogP contribution < -0.4 is 10.5 Å². The third kappa shape index (κ3) is 2.83. The Bertz CT molecular complexity index is 436. The SMILES string of the molecule is CC(Oc1cc([N+](=O)[O-])ccc1Cl)C(=N)N. The fourth-order valence-electron chi connectivity index (χ4n) is 0.950. The number of nitrogens with zero attached hydrogens (tertiary/aromatic N) is 1. The Morgan fingerprint density at radius 1 is 1.69 bits per heavy atom. The molecule has 1 aromatic carbocycles. The number of non-ortho nitro benzene ring substituents is 1. The molecule has 16 heavy (non-hydrogen) atoms. The lowest BCUT2D eigenvalue weighted by Gasteiger charge is -2.13. The van der Waals surface area contributed by atoms with Crippen molar-refractivity contribution in [3.8, 4) is 5.75 Å². The number of nitrogens with two attached hydrogens (primary N) is 1. The van der Waals surface area contributed by atoms with E-state index in [1.165, 1.54) is 18.2 Å². The summed E-state index contributed by atoms with van der Waals surface area (Å²) in [5.74, 6) is -0.0406. The average molecular weight is 244 g/mol. The number of amidine groups is 1. The second-order valence-electron chi connectivity index (χ2n) is 3.09. The van der Waals surface area contributed by atoms with Gasteiger partial charge >= 0.3 is 0 Å². The van der Waals surface area contributed by atoms with Gasteiger partial charge in [0.15, 0.2) is 6.10 Å². The number of halogens is 1. The van der Waals surface area contributed by atoms with Crippen LogP contribution in [0.2, 0.25) is 5.02 Å². The highest BCUT2D eigenvalue weighted by molar-refractivity contribution is 6.32. The molecule has 0 saturated heterocycles. The molecule has 0 aromatic heterocycles. The van der Waals surface area contributed by atoms with Crippen LogP contribution in [0.4, 0.5) is 5.69 Å². The largest absolute Gasteiger partial charge is 0.481 e. The van der Waals surface area contributed by atoms with Gasteiger partial charge < -0.3 is 10.5 Å². The van der Waals surface area contributed by atoms with E-state index in [-0.39, 0.29) is 22.3 Å². The summed E-state index contributed by atoms with van der Waals surface area (Å²) < 4.78 is 5.21. The molecule has 1 aromatic rings. The quantitative estimate of drug-likeness (QED) is 0.365. The van der Waals surface area contributed by atoms with Gasteiger partial charge in [-0.15, -0.1) is 0 Å². The van der Waals surface area contributed by atoms with E-state index in [4.69, 9.17) is 27.5 Å². The van der Waals surface area contributed by atoms with E-state index in [1.807, 2.05) is 0 Å². The molecule has 1 atom stereocenters. The Kier molecular flexibility index (Phi) is 3.68. The summed E-state index contributed by atoms with van der Waals surface area (Å²) in [6.07, 6.45) is -0.681. The summed E-state index contributed by atoms with van der Waals surface area (Å²) in [5, 5.41) is 17.9. The van der Waals surface area contributed by atoms with Crippen LogP contribution in [0.15, 0.2) is 18.2 Å². The summed E-state index contributed by atoms with van der Waals surface area (Å²) >= 11 is 5.79. The number of nitrogens with one attached hydrogen (secondary N) is 1. The molecule has 0 aliphatic carbocycles. The molecule has 0 aliphatic heterocycles. The minimum absolute atomic E-state index is 0.129. The van der Waals surface area contributed by atoms with Crippen molar-refractivity contribution in [1.29, 1.82) is 5.41 Å². The summed E-state index contributed by atoms with van der Waals surface area (Å²) in [5.41, 5.74) is 5.08. The monoisotopic (exact) mass is 243 g/mol. The van der Waals surface area contributed by atoms with Gasteiger partial charge in [-0.05, 0) is 13.0 Å². The van der Waals surface area contributed by atoms with E-state index in [0.29, 0.717) is 0 Å². The molecular formula is C9H10ClN3O3. The maximum atomic E-state index is 10.5. The lowest BCUT2D eigenvalue weighted by Crippen LogP contribution is -2.30. The molecule has 1 rings (SSSR count). The molecule has 6 nitrogen and oxygen atoms in total. The van der Waals surface area contributed by atoms with Gasteiger partial charge in [0.2, 0.25) is 0 Å². The highest BCUT2D eigenvalue weighted by Gasteiger charge is 2.14. The Morgan fingerprint density at radius 3 is 2.81 bits per heavy atom. The van der Waals surface area contributed by atoms with Crippen LogP contribution in [0.1, 0.15) is 6.92 Å². The topological polar surface area (TPSA) is 102 Å². The number of ether oxygens (including phenoxy) is 1. The van der Waals surface area contributed by atoms with Gasteiger partial charge in [-0.3, -0.25) is 15.5 Å². The molecule has 0 bridgehead atoms. The molecule has 7 heteroatoms. The minimum atomic E-state index is -0.681. The first-order valence-electron chi connectivity index (χ1n) is 4.36. The fourth-order valence-corrected chi connectivity index (χ4v) is 1.11. The van der Waals surface area contributed by atoms with Crippen LogP contribution in [0.3, 0.4) is 0 Å². The van der Waals surface area contributed by atoms with Crippen molar-refractivity contribution in [3.05, 3.63) is 33.3 Å². The van der Waals surface area contributed by atoms with E-state index in [0.717, 1.165) is 0 Å². The number of benzene rings is 1. The number of hydrogen-bond donors (Lipinski definition) is 2.